The number of rotatable bonds is 5. The highest BCUT2D eigenvalue weighted by Gasteiger charge is 1.97. The highest BCUT2D eigenvalue weighted by molar-refractivity contribution is 9.09. The minimum Gasteiger partial charge on any atom is -0.119 e. The van der Waals surface area contributed by atoms with Gasteiger partial charge in [0.05, 0.1) is 4.83 Å². The van der Waals surface area contributed by atoms with Gasteiger partial charge >= 0.3 is 0 Å². The quantitative estimate of drug-likeness (QED) is 0.420. The summed E-state index contributed by atoms with van der Waals surface area (Å²) in [5, 5.41) is 0. The van der Waals surface area contributed by atoms with Crippen LogP contribution in [0.1, 0.15) is 43.2 Å². The van der Waals surface area contributed by atoms with E-state index in [-0.39, 0.29) is 4.83 Å². The summed E-state index contributed by atoms with van der Waals surface area (Å²) in [4.78, 5) is 0.232. The first-order chi connectivity index (χ1) is 8.72. The number of alkyl halides is 1. The molecule has 0 radical (unpaired) electrons. The Bertz CT molecular complexity index is 456. The van der Waals surface area contributed by atoms with E-state index < -0.39 is 0 Å². The molecule has 1 aromatic carbocycles. The molecule has 0 nitrogen and oxygen atoms in total. The third-order valence-corrected chi connectivity index (χ3v) is 3.41. The molecule has 0 aliphatic heterocycles. The molecule has 0 heterocycles. The molecule has 0 saturated heterocycles. The molecule has 1 aromatic rings. The zero-order valence-corrected chi connectivity index (χ0v) is 12.5. The Balaban J connectivity index is 2.17. The lowest BCUT2D eigenvalue weighted by Crippen LogP contribution is -1.91. The number of unbranched alkanes of at least 4 members (excludes halogenated alkanes) is 3. The molecule has 1 heteroatoms. The summed E-state index contributed by atoms with van der Waals surface area (Å²) in [5.41, 5.74) is 2.38. The van der Waals surface area contributed by atoms with Gasteiger partial charge in [-0.05, 0) is 37.5 Å². The van der Waals surface area contributed by atoms with Crippen molar-refractivity contribution >= 4 is 15.9 Å². The zero-order valence-electron chi connectivity index (χ0n) is 10.9. The van der Waals surface area contributed by atoms with Gasteiger partial charge in [-0.3, -0.25) is 0 Å². The Morgan fingerprint density at radius 2 is 2.11 bits per heavy atom. The second-order valence-corrected chi connectivity index (χ2v) is 5.51. The van der Waals surface area contributed by atoms with Crippen LogP contribution < -0.4 is 0 Å². The Kier molecular flexibility index (Phi) is 7.31. The average Bonchev–Trinajstić information content (AvgIpc) is 2.37. The molecular weight excluding hydrogens is 284 g/mol. The standard InChI is InChI=1S/C17H19Br/c1-3-17(18)13-8-6-4-5-7-11-16-12-9-10-15(2)14-16/h1,9-10,12,14,17H,4-6,8,13H2,2H3. The molecule has 0 aliphatic rings. The van der Waals surface area contributed by atoms with Crippen molar-refractivity contribution in [3.05, 3.63) is 35.4 Å². The van der Waals surface area contributed by atoms with Crippen LogP contribution in [0.3, 0.4) is 0 Å². The fourth-order valence-electron chi connectivity index (χ4n) is 1.68. The first-order valence-corrected chi connectivity index (χ1v) is 7.29. The van der Waals surface area contributed by atoms with Gasteiger partial charge in [0.2, 0.25) is 0 Å². The van der Waals surface area contributed by atoms with Crippen molar-refractivity contribution in [1.82, 2.24) is 0 Å². The van der Waals surface area contributed by atoms with Crippen LogP contribution in [0.15, 0.2) is 24.3 Å². The third-order valence-electron chi connectivity index (χ3n) is 2.69. The van der Waals surface area contributed by atoms with Gasteiger partial charge in [0, 0.05) is 12.0 Å². The SMILES string of the molecule is C#CC(Br)CCCCCC#Cc1cccc(C)c1. The van der Waals surface area contributed by atoms with Crippen LogP contribution in [0.5, 0.6) is 0 Å². The maximum absolute atomic E-state index is 5.29. The average molecular weight is 303 g/mol. The van der Waals surface area contributed by atoms with Gasteiger partial charge < -0.3 is 0 Å². The minimum atomic E-state index is 0.232. The van der Waals surface area contributed by atoms with Crippen molar-refractivity contribution in [2.45, 2.75) is 43.9 Å². The zero-order chi connectivity index (χ0) is 13.2. The van der Waals surface area contributed by atoms with Crippen LogP contribution in [0, 0.1) is 31.1 Å². The fraction of sp³-hybridized carbons (Fsp3) is 0.412. The highest BCUT2D eigenvalue weighted by Crippen LogP contribution is 2.10. The summed E-state index contributed by atoms with van der Waals surface area (Å²) >= 11 is 3.43. The minimum absolute atomic E-state index is 0.232. The lowest BCUT2D eigenvalue weighted by Gasteiger charge is -2.00. The Labute approximate surface area is 119 Å². The van der Waals surface area contributed by atoms with E-state index in [1.807, 2.05) is 0 Å². The van der Waals surface area contributed by atoms with E-state index in [0.717, 1.165) is 24.8 Å². The molecule has 0 fully saturated rings. The van der Waals surface area contributed by atoms with E-state index in [2.05, 4.69) is 64.9 Å². The van der Waals surface area contributed by atoms with Crippen molar-refractivity contribution in [3.63, 3.8) is 0 Å². The number of halogens is 1. The molecule has 1 rings (SSSR count). The Hall–Kier alpha value is -1.18. The van der Waals surface area contributed by atoms with Crippen LogP contribution >= 0.6 is 15.9 Å². The summed E-state index contributed by atoms with van der Waals surface area (Å²) in [6.07, 6.45) is 10.8. The number of hydrogen-bond acceptors (Lipinski definition) is 0. The van der Waals surface area contributed by atoms with Crippen molar-refractivity contribution < 1.29 is 0 Å². The Morgan fingerprint density at radius 1 is 1.28 bits per heavy atom. The van der Waals surface area contributed by atoms with Gasteiger partial charge in [-0.15, -0.1) is 6.42 Å². The molecule has 0 amide bonds. The second kappa shape index (κ2) is 8.84. The first kappa shape index (κ1) is 14.9. The van der Waals surface area contributed by atoms with Crippen LogP contribution in [-0.2, 0) is 0 Å². The lowest BCUT2D eigenvalue weighted by atomic mass is 10.1. The van der Waals surface area contributed by atoms with Crippen molar-refractivity contribution in [2.24, 2.45) is 0 Å². The maximum Gasteiger partial charge on any atom is 0.0752 e. The molecule has 0 aliphatic carbocycles. The highest BCUT2D eigenvalue weighted by atomic mass is 79.9. The van der Waals surface area contributed by atoms with Crippen molar-refractivity contribution in [1.29, 1.82) is 0 Å². The fourth-order valence-corrected chi connectivity index (χ4v) is 2.01. The molecule has 0 bridgehead atoms. The van der Waals surface area contributed by atoms with Crippen molar-refractivity contribution in [2.75, 3.05) is 0 Å². The molecule has 1 unspecified atom stereocenters. The van der Waals surface area contributed by atoms with Gasteiger partial charge in [-0.2, -0.15) is 0 Å². The molecular formula is C17H19Br. The summed E-state index contributed by atoms with van der Waals surface area (Å²) in [6.45, 7) is 2.09. The summed E-state index contributed by atoms with van der Waals surface area (Å²) < 4.78 is 0. The van der Waals surface area contributed by atoms with Gasteiger partial charge in [-0.1, -0.05) is 58.7 Å². The van der Waals surface area contributed by atoms with Crippen LogP contribution in [0.2, 0.25) is 0 Å². The van der Waals surface area contributed by atoms with Crippen LogP contribution in [0.4, 0.5) is 0 Å². The van der Waals surface area contributed by atoms with Crippen LogP contribution in [0.25, 0.3) is 0 Å². The first-order valence-electron chi connectivity index (χ1n) is 6.38. The smallest absolute Gasteiger partial charge is 0.0752 e. The van der Waals surface area contributed by atoms with Crippen molar-refractivity contribution in [3.8, 4) is 24.2 Å². The van der Waals surface area contributed by atoms with E-state index in [1.165, 1.54) is 18.4 Å². The topological polar surface area (TPSA) is 0 Å². The molecule has 0 aromatic heterocycles. The summed E-state index contributed by atoms with van der Waals surface area (Å²) in [7, 11) is 0. The van der Waals surface area contributed by atoms with Crippen LogP contribution in [-0.4, -0.2) is 4.83 Å². The van der Waals surface area contributed by atoms with Gasteiger partial charge in [-0.25, -0.2) is 0 Å². The van der Waals surface area contributed by atoms with E-state index in [4.69, 9.17) is 6.42 Å². The number of hydrogen-bond donors (Lipinski definition) is 0. The molecule has 0 saturated carbocycles. The molecule has 1 atom stereocenters. The predicted molar refractivity (Wildman–Crippen MR) is 82.7 cm³/mol. The predicted octanol–water partition coefficient (Wildman–Crippen LogP) is 4.69. The normalized spacial score (nSPS) is 11.2. The summed E-state index contributed by atoms with van der Waals surface area (Å²) in [6, 6.07) is 8.32. The number of terminal acetylenes is 1. The maximum atomic E-state index is 5.29. The lowest BCUT2D eigenvalue weighted by molar-refractivity contribution is 0.668. The second-order valence-electron chi connectivity index (χ2n) is 4.40. The number of benzene rings is 1. The molecule has 94 valence electrons. The Morgan fingerprint density at radius 3 is 2.83 bits per heavy atom. The van der Waals surface area contributed by atoms with Gasteiger partial charge in [0.25, 0.3) is 0 Å². The monoisotopic (exact) mass is 302 g/mol. The third kappa shape index (κ3) is 6.53. The molecule has 0 spiro atoms. The molecule has 0 N–H and O–H groups in total. The van der Waals surface area contributed by atoms with Gasteiger partial charge in [0.15, 0.2) is 0 Å². The van der Waals surface area contributed by atoms with E-state index in [0.29, 0.717) is 0 Å². The van der Waals surface area contributed by atoms with E-state index in [1.54, 1.807) is 0 Å². The van der Waals surface area contributed by atoms with Gasteiger partial charge in [0.1, 0.15) is 0 Å². The largest absolute Gasteiger partial charge is 0.119 e. The van der Waals surface area contributed by atoms with E-state index in [9.17, 15) is 0 Å². The number of aryl methyl sites for hydroxylation is 1. The molecule has 18 heavy (non-hydrogen) atoms. The summed E-state index contributed by atoms with van der Waals surface area (Å²) in [5.74, 6) is 9.12. The van der Waals surface area contributed by atoms with E-state index >= 15 is 0 Å².